The van der Waals surface area contributed by atoms with Crippen LogP contribution in [0.25, 0.3) is 10.8 Å². The summed E-state index contributed by atoms with van der Waals surface area (Å²) >= 11 is 0. The molecule has 0 radical (unpaired) electrons. The van der Waals surface area contributed by atoms with Crippen LogP contribution in [0.3, 0.4) is 0 Å². The summed E-state index contributed by atoms with van der Waals surface area (Å²) in [4.78, 5) is 0. The molecule has 0 spiro atoms. The van der Waals surface area contributed by atoms with Gasteiger partial charge in [0.15, 0.2) is 0 Å². The van der Waals surface area contributed by atoms with Crippen LogP contribution in [0.4, 0.5) is 0 Å². The van der Waals surface area contributed by atoms with Gasteiger partial charge in [0.05, 0.1) is 7.11 Å². The van der Waals surface area contributed by atoms with E-state index < -0.39 is 0 Å². The summed E-state index contributed by atoms with van der Waals surface area (Å²) in [5, 5.41) is 6.09. The molecule has 0 aromatic heterocycles. The van der Waals surface area contributed by atoms with Crippen LogP contribution < -0.4 is 10.1 Å². The summed E-state index contributed by atoms with van der Waals surface area (Å²) in [5.41, 5.74) is 1.25. The quantitative estimate of drug-likeness (QED) is 0.858. The predicted molar refractivity (Wildman–Crippen MR) is 93.3 cm³/mol. The predicted octanol–water partition coefficient (Wildman–Crippen LogP) is 4.76. The van der Waals surface area contributed by atoms with Crippen LogP contribution in [0.1, 0.15) is 38.2 Å². The Balaban J connectivity index is 1.64. The van der Waals surface area contributed by atoms with E-state index in [1.54, 1.807) is 7.11 Å². The van der Waals surface area contributed by atoms with Gasteiger partial charge < -0.3 is 10.1 Å². The van der Waals surface area contributed by atoms with Gasteiger partial charge in [0, 0.05) is 17.5 Å². The zero-order valence-corrected chi connectivity index (χ0v) is 13.8. The van der Waals surface area contributed by atoms with Gasteiger partial charge in [-0.3, -0.25) is 0 Å². The van der Waals surface area contributed by atoms with Crippen molar-refractivity contribution < 1.29 is 4.74 Å². The normalized spacial score (nSPS) is 21.9. The van der Waals surface area contributed by atoms with Crippen molar-refractivity contribution in [2.24, 2.45) is 11.8 Å². The van der Waals surface area contributed by atoms with Crippen LogP contribution >= 0.6 is 0 Å². The standard InChI is InChI=1S/C20H27NO/c1-15-7-9-16(10-8-15)13-21-14-18-12-11-17-5-3-4-6-19(17)20(18)22-2/h3-6,11-12,15-16,21H,7-10,13-14H2,1-2H3. The van der Waals surface area contributed by atoms with Crippen LogP contribution in [-0.2, 0) is 6.54 Å². The molecule has 0 heterocycles. The lowest BCUT2D eigenvalue weighted by atomic mass is 9.83. The highest BCUT2D eigenvalue weighted by Crippen LogP contribution is 2.30. The Hall–Kier alpha value is -1.54. The van der Waals surface area contributed by atoms with Crippen LogP contribution in [0, 0.1) is 11.8 Å². The van der Waals surface area contributed by atoms with Crippen molar-refractivity contribution in [1.29, 1.82) is 0 Å². The van der Waals surface area contributed by atoms with Gasteiger partial charge in [-0.1, -0.05) is 56.2 Å². The number of fused-ring (bicyclic) bond motifs is 1. The lowest BCUT2D eigenvalue weighted by Crippen LogP contribution is -2.25. The molecule has 1 N–H and O–H groups in total. The molecule has 0 amide bonds. The lowest BCUT2D eigenvalue weighted by Gasteiger charge is -2.26. The van der Waals surface area contributed by atoms with Gasteiger partial charge in [0.1, 0.15) is 5.75 Å². The Labute approximate surface area is 133 Å². The van der Waals surface area contributed by atoms with Crippen LogP contribution in [0.2, 0.25) is 0 Å². The molecule has 2 aromatic carbocycles. The Morgan fingerprint density at radius 3 is 2.59 bits per heavy atom. The Morgan fingerprint density at radius 2 is 1.82 bits per heavy atom. The fourth-order valence-corrected chi connectivity index (χ4v) is 3.61. The van der Waals surface area contributed by atoms with E-state index in [1.807, 2.05) is 0 Å². The first kappa shape index (κ1) is 15.4. The van der Waals surface area contributed by atoms with E-state index in [0.29, 0.717) is 0 Å². The molecule has 0 aliphatic heterocycles. The number of hydrogen-bond donors (Lipinski definition) is 1. The minimum atomic E-state index is 0.850. The second kappa shape index (κ2) is 7.15. The van der Waals surface area contributed by atoms with Gasteiger partial charge in [-0.05, 0) is 36.6 Å². The molecule has 3 rings (SSSR count). The van der Waals surface area contributed by atoms with E-state index >= 15 is 0 Å². The first-order valence-electron chi connectivity index (χ1n) is 8.53. The number of hydrogen-bond acceptors (Lipinski definition) is 2. The molecule has 22 heavy (non-hydrogen) atoms. The smallest absolute Gasteiger partial charge is 0.131 e. The molecule has 1 aliphatic carbocycles. The van der Waals surface area contributed by atoms with E-state index in [9.17, 15) is 0 Å². The third-order valence-electron chi connectivity index (χ3n) is 5.05. The van der Waals surface area contributed by atoms with Gasteiger partial charge in [0.25, 0.3) is 0 Å². The van der Waals surface area contributed by atoms with E-state index in [-0.39, 0.29) is 0 Å². The van der Waals surface area contributed by atoms with Gasteiger partial charge in [-0.15, -0.1) is 0 Å². The molecule has 2 aromatic rings. The molecule has 2 nitrogen and oxygen atoms in total. The van der Waals surface area contributed by atoms with Crippen molar-refractivity contribution in [2.75, 3.05) is 13.7 Å². The molecular weight excluding hydrogens is 270 g/mol. The maximum atomic E-state index is 5.68. The van der Waals surface area contributed by atoms with E-state index in [4.69, 9.17) is 4.74 Å². The summed E-state index contributed by atoms with van der Waals surface area (Å²) in [6, 6.07) is 12.8. The highest BCUT2D eigenvalue weighted by Gasteiger charge is 2.17. The van der Waals surface area contributed by atoms with Crippen molar-refractivity contribution >= 4 is 10.8 Å². The average molecular weight is 297 g/mol. The highest BCUT2D eigenvalue weighted by molar-refractivity contribution is 5.89. The first-order chi connectivity index (χ1) is 10.8. The molecule has 0 saturated heterocycles. The summed E-state index contributed by atoms with van der Waals surface area (Å²) in [5.74, 6) is 2.79. The lowest BCUT2D eigenvalue weighted by molar-refractivity contribution is 0.281. The third kappa shape index (κ3) is 3.44. The summed E-state index contributed by atoms with van der Waals surface area (Å²) < 4.78 is 5.68. The molecule has 1 aliphatic rings. The van der Waals surface area contributed by atoms with Gasteiger partial charge in [-0.2, -0.15) is 0 Å². The van der Waals surface area contributed by atoms with Crippen LogP contribution in [0.15, 0.2) is 36.4 Å². The van der Waals surface area contributed by atoms with Crippen molar-refractivity contribution in [3.63, 3.8) is 0 Å². The number of methoxy groups -OCH3 is 1. The van der Waals surface area contributed by atoms with Gasteiger partial charge in [0.2, 0.25) is 0 Å². The zero-order chi connectivity index (χ0) is 15.4. The van der Waals surface area contributed by atoms with Crippen molar-refractivity contribution in [3.8, 4) is 5.75 Å². The van der Waals surface area contributed by atoms with Crippen molar-refractivity contribution in [2.45, 2.75) is 39.2 Å². The Kier molecular flexibility index (Phi) is 4.99. The highest BCUT2D eigenvalue weighted by atomic mass is 16.5. The van der Waals surface area contributed by atoms with Crippen molar-refractivity contribution in [1.82, 2.24) is 5.32 Å². The topological polar surface area (TPSA) is 21.3 Å². The van der Waals surface area contributed by atoms with Gasteiger partial charge in [-0.25, -0.2) is 0 Å². The number of rotatable bonds is 5. The molecule has 1 saturated carbocycles. The molecule has 2 heteroatoms. The van der Waals surface area contributed by atoms with Gasteiger partial charge >= 0.3 is 0 Å². The monoisotopic (exact) mass is 297 g/mol. The fraction of sp³-hybridized carbons (Fsp3) is 0.500. The zero-order valence-electron chi connectivity index (χ0n) is 13.8. The molecule has 0 atom stereocenters. The fourth-order valence-electron chi connectivity index (χ4n) is 3.61. The summed E-state index contributed by atoms with van der Waals surface area (Å²) in [6.07, 6.45) is 5.54. The largest absolute Gasteiger partial charge is 0.496 e. The Bertz CT molecular complexity index is 614. The van der Waals surface area contributed by atoms with E-state index in [0.717, 1.165) is 30.7 Å². The van der Waals surface area contributed by atoms with Crippen LogP contribution in [-0.4, -0.2) is 13.7 Å². The molecule has 0 bridgehead atoms. The minimum absolute atomic E-state index is 0.850. The van der Waals surface area contributed by atoms with E-state index in [2.05, 4.69) is 48.6 Å². The Morgan fingerprint density at radius 1 is 1.05 bits per heavy atom. The molecule has 118 valence electrons. The SMILES string of the molecule is COc1c(CNCC2CCC(C)CC2)ccc2ccccc12. The van der Waals surface area contributed by atoms with Crippen LogP contribution in [0.5, 0.6) is 5.75 Å². The van der Waals surface area contributed by atoms with E-state index in [1.165, 1.54) is 42.0 Å². The second-order valence-electron chi connectivity index (χ2n) is 6.74. The molecule has 0 unspecified atom stereocenters. The summed E-state index contributed by atoms with van der Waals surface area (Å²) in [6.45, 7) is 4.40. The number of nitrogens with one attached hydrogen (secondary N) is 1. The second-order valence-corrected chi connectivity index (χ2v) is 6.74. The minimum Gasteiger partial charge on any atom is -0.496 e. The average Bonchev–Trinajstić information content (AvgIpc) is 2.56. The maximum absolute atomic E-state index is 5.68. The number of ether oxygens (including phenoxy) is 1. The molecular formula is C20H27NO. The van der Waals surface area contributed by atoms with Crippen molar-refractivity contribution in [3.05, 3.63) is 42.0 Å². The third-order valence-corrected chi connectivity index (χ3v) is 5.05. The summed E-state index contributed by atoms with van der Waals surface area (Å²) in [7, 11) is 1.77. The maximum Gasteiger partial charge on any atom is 0.131 e. The molecule has 1 fully saturated rings. The first-order valence-corrected chi connectivity index (χ1v) is 8.53. The number of benzene rings is 2.